The van der Waals surface area contributed by atoms with Crippen LogP contribution in [-0.4, -0.2) is 21.6 Å². The molecular weight excluding hydrogens is 190 g/mol. The second kappa shape index (κ2) is 4.87. The van der Waals surface area contributed by atoms with Gasteiger partial charge in [-0.2, -0.15) is 5.10 Å². The van der Waals surface area contributed by atoms with Gasteiger partial charge in [-0.15, -0.1) is 11.6 Å². The highest BCUT2D eigenvalue weighted by molar-refractivity contribution is 6.18. The molecule has 1 rings (SSSR count). The van der Waals surface area contributed by atoms with Crippen molar-refractivity contribution in [2.45, 2.75) is 13.0 Å². The SMILES string of the molecule is Cn1ccc(CNC(=O)CCCl)n1. The molecule has 1 aromatic rings. The Kier molecular flexibility index (Phi) is 3.76. The Balaban J connectivity index is 2.30. The number of alkyl halides is 1. The van der Waals surface area contributed by atoms with Gasteiger partial charge in [-0.3, -0.25) is 9.48 Å². The molecule has 1 N–H and O–H groups in total. The molecule has 0 aliphatic carbocycles. The van der Waals surface area contributed by atoms with E-state index < -0.39 is 0 Å². The molecule has 0 saturated carbocycles. The van der Waals surface area contributed by atoms with Gasteiger partial charge in [0, 0.05) is 25.5 Å². The van der Waals surface area contributed by atoms with E-state index in [4.69, 9.17) is 11.6 Å². The number of carbonyl (C=O) groups is 1. The summed E-state index contributed by atoms with van der Waals surface area (Å²) in [6, 6.07) is 1.86. The molecule has 0 aromatic carbocycles. The number of rotatable bonds is 4. The van der Waals surface area contributed by atoms with Crippen molar-refractivity contribution in [3.05, 3.63) is 18.0 Å². The number of nitrogens with one attached hydrogen (secondary N) is 1. The average molecular weight is 202 g/mol. The Labute approximate surface area is 81.9 Å². The van der Waals surface area contributed by atoms with Crippen LogP contribution in [0.1, 0.15) is 12.1 Å². The summed E-state index contributed by atoms with van der Waals surface area (Å²) in [6.45, 7) is 0.469. The summed E-state index contributed by atoms with van der Waals surface area (Å²) in [5.41, 5.74) is 0.852. The van der Waals surface area contributed by atoms with Crippen molar-refractivity contribution in [2.24, 2.45) is 7.05 Å². The van der Waals surface area contributed by atoms with Gasteiger partial charge < -0.3 is 5.32 Å². The zero-order chi connectivity index (χ0) is 9.68. The lowest BCUT2D eigenvalue weighted by Gasteiger charge is -1.99. The van der Waals surface area contributed by atoms with Gasteiger partial charge in [0.15, 0.2) is 0 Å². The van der Waals surface area contributed by atoms with Crippen LogP contribution < -0.4 is 5.32 Å². The Morgan fingerprint density at radius 3 is 3.08 bits per heavy atom. The van der Waals surface area contributed by atoms with Crippen LogP contribution in [0.25, 0.3) is 0 Å². The summed E-state index contributed by atoms with van der Waals surface area (Å²) >= 11 is 5.40. The monoisotopic (exact) mass is 201 g/mol. The van der Waals surface area contributed by atoms with Crippen LogP contribution in [-0.2, 0) is 18.4 Å². The van der Waals surface area contributed by atoms with Gasteiger partial charge in [0.05, 0.1) is 12.2 Å². The standard InChI is InChI=1S/C8H12ClN3O/c1-12-5-3-7(11-12)6-10-8(13)2-4-9/h3,5H,2,4,6H2,1H3,(H,10,13). The zero-order valence-electron chi connectivity index (χ0n) is 7.46. The number of hydrogen-bond acceptors (Lipinski definition) is 2. The Morgan fingerprint density at radius 2 is 2.54 bits per heavy atom. The van der Waals surface area contributed by atoms with Gasteiger partial charge >= 0.3 is 0 Å². The van der Waals surface area contributed by atoms with Crippen LogP contribution in [0.4, 0.5) is 0 Å². The van der Waals surface area contributed by atoms with Gasteiger partial charge in [-0.05, 0) is 6.07 Å². The van der Waals surface area contributed by atoms with Crippen LogP contribution in [0.5, 0.6) is 0 Å². The van der Waals surface area contributed by atoms with Gasteiger partial charge in [0.2, 0.25) is 5.91 Å². The topological polar surface area (TPSA) is 46.9 Å². The third kappa shape index (κ3) is 3.46. The number of halogens is 1. The minimum atomic E-state index is -0.0411. The highest BCUT2D eigenvalue weighted by atomic mass is 35.5. The normalized spacial score (nSPS) is 10.0. The van der Waals surface area contributed by atoms with Gasteiger partial charge in [-0.1, -0.05) is 0 Å². The molecular formula is C8H12ClN3O. The quantitative estimate of drug-likeness (QED) is 0.728. The van der Waals surface area contributed by atoms with E-state index in [1.165, 1.54) is 0 Å². The maximum absolute atomic E-state index is 11.0. The second-order valence-electron chi connectivity index (χ2n) is 2.70. The Hall–Kier alpha value is -1.03. The maximum Gasteiger partial charge on any atom is 0.221 e. The number of aryl methyl sites for hydroxylation is 1. The third-order valence-electron chi connectivity index (χ3n) is 1.56. The summed E-state index contributed by atoms with van der Waals surface area (Å²) in [4.78, 5) is 11.0. The van der Waals surface area contributed by atoms with E-state index >= 15 is 0 Å². The van der Waals surface area contributed by atoms with E-state index in [1.807, 2.05) is 19.3 Å². The summed E-state index contributed by atoms with van der Waals surface area (Å²) < 4.78 is 1.70. The highest BCUT2D eigenvalue weighted by Gasteiger charge is 2.01. The first-order valence-electron chi connectivity index (χ1n) is 4.03. The van der Waals surface area contributed by atoms with Crippen LogP contribution in [0, 0.1) is 0 Å². The molecule has 0 atom stereocenters. The van der Waals surface area contributed by atoms with Crippen molar-refractivity contribution in [3.8, 4) is 0 Å². The predicted octanol–water partition coefficient (Wildman–Crippen LogP) is 0.665. The van der Waals surface area contributed by atoms with Crippen LogP contribution in [0.2, 0.25) is 0 Å². The largest absolute Gasteiger partial charge is 0.350 e. The van der Waals surface area contributed by atoms with Gasteiger partial charge in [-0.25, -0.2) is 0 Å². The van der Waals surface area contributed by atoms with Crippen molar-refractivity contribution >= 4 is 17.5 Å². The molecule has 0 bridgehead atoms. The summed E-state index contributed by atoms with van der Waals surface area (Å²) in [5.74, 6) is 0.314. The third-order valence-corrected chi connectivity index (χ3v) is 1.75. The van der Waals surface area contributed by atoms with Crippen molar-refractivity contribution < 1.29 is 4.79 Å². The molecule has 1 amide bonds. The Morgan fingerprint density at radius 1 is 1.77 bits per heavy atom. The van der Waals surface area contributed by atoms with Crippen molar-refractivity contribution in [1.82, 2.24) is 15.1 Å². The first-order chi connectivity index (χ1) is 6.22. The molecule has 13 heavy (non-hydrogen) atoms. The number of amides is 1. The predicted molar refractivity (Wildman–Crippen MR) is 50.4 cm³/mol. The molecule has 1 heterocycles. The minimum Gasteiger partial charge on any atom is -0.350 e. The lowest BCUT2D eigenvalue weighted by atomic mass is 10.4. The smallest absolute Gasteiger partial charge is 0.221 e. The first-order valence-corrected chi connectivity index (χ1v) is 4.57. The van der Waals surface area contributed by atoms with Crippen LogP contribution in [0.15, 0.2) is 12.3 Å². The fraction of sp³-hybridized carbons (Fsp3) is 0.500. The summed E-state index contributed by atoms with van der Waals surface area (Å²) in [6.07, 6.45) is 2.19. The molecule has 4 nitrogen and oxygen atoms in total. The second-order valence-corrected chi connectivity index (χ2v) is 3.07. The van der Waals surface area contributed by atoms with E-state index in [9.17, 15) is 4.79 Å². The molecule has 5 heteroatoms. The molecule has 0 fully saturated rings. The highest BCUT2D eigenvalue weighted by Crippen LogP contribution is 1.93. The first kappa shape index (κ1) is 10.1. The molecule has 0 saturated heterocycles. The number of carbonyl (C=O) groups excluding carboxylic acids is 1. The molecule has 0 aliphatic rings. The van der Waals surface area contributed by atoms with Crippen LogP contribution >= 0.6 is 11.6 Å². The number of nitrogens with zero attached hydrogens (tertiary/aromatic N) is 2. The fourth-order valence-corrected chi connectivity index (χ4v) is 1.09. The van der Waals surface area contributed by atoms with Crippen molar-refractivity contribution in [1.29, 1.82) is 0 Å². The summed E-state index contributed by atoms with van der Waals surface area (Å²) in [7, 11) is 1.84. The molecule has 0 aliphatic heterocycles. The Bertz CT molecular complexity index is 285. The van der Waals surface area contributed by atoms with E-state index in [0.717, 1.165) is 5.69 Å². The average Bonchev–Trinajstić information content (AvgIpc) is 2.49. The number of aromatic nitrogens is 2. The van der Waals surface area contributed by atoms with Gasteiger partial charge in [0.1, 0.15) is 0 Å². The maximum atomic E-state index is 11.0. The minimum absolute atomic E-state index is 0.0411. The molecule has 0 radical (unpaired) electrons. The van der Waals surface area contributed by atoms with Gasteiger partial charge in [0.25, 0.3) is 0 Å². The molecule has 0 spiro atoms. The molecule has 1 aromatic heterocycles. The van der Waals surface area contributed by atoms with E-state index in [-0.39, 0.29) is 5.91 Å². The molecule has 0 unspecified atom stereocenters. The van der Waals surface area contributed by atoms with Crippen LogP contribution in [0.3, 0.4) is 0 Å². The fourth-order valence-electron chi connectivity index (χ4n) is 0.921. The number of hydrogen-bond donors (Lipinski definition) is 1. The van der Waals surface area contributed by atoms with E-state index in [0.29, 0.717) is 18.8 Å². The molecule has 72 valence electrons. The lowest BCUT2D eigenvalue weighted by molar-refractivity contribution is -0.120. The summed E-state index contributed by atoms with van der Waals surface area (Å²) in [5, 5.41) is 6.83. The lowest BCUT2D eigenvalue weighted by Crippen LogP contribution is -2.23. The van der Waals surface area contributed by atoms with Crippen molar-refractivity contribution in [3.63, 3.8) is 0 Å². The zero-order valence-corrected chi connectivity index (χ0v) is 8.21. The van der Waals surface area contributed by atoms with E-state index in [1.54, 1.807) is 4.68 Å². The van der Waals surface area contributed by atoms with Crippen molar-refractivity contribution in [2.75, 3.05) is 5.88 Å². The van der Waals surface area contributed by atoms with E-state index in [2.05, 4.69) is 10.4 Å².